The second kappa shape index (κ2) is 12.2. The third-order valence-electron chi connectivity index (χ3n) is 5.04. The second-order valence-corrected chi connectivity index (χ2v) is 11.0. The Hall–Kier alpha value is -2.88. The zero-order chi connectivity index (χ0) is 25.4. The Kier molecular flexibility index (Phi) is 9.31. The number of amides is 1. The minimum Gasteiger partial charge on any atom is -0.493 e. The van der Waals surface area contributed by atoms with E-state index in [0.29, 0.717) is 34.5 Å². The van der Waals surface area contributed by atoms with E-state index in [9.17, 15) is 13.2 Å². The van der Waals surface area contributed by atoms with Crippen LogP contribution < -0.4 is 20.1 Å². The van der Waals surface area contributed by atoms with Gasteiger partial charge < -0.3 is 20.1 Å². The Morgan fingerprint density at radius 3 is 2.37 bits per heavy atom. The molecule has 3 rings (SSSR count). The zero-order valence-electron chi connectivity index (χ0n) is 19.6. The van der Waals surface area contributed by atoms with Crippen LogP contribution in [0.15, 0.2) is 75.4 Å². The summed E-state index contributed by atoms with van der Waals surface area (Å²) in [6, 6.07) is 17.0. The van der Waals surface area contributed by atoms with Crippen molar-refractivity contribution in [2.24, 2.45) is 0 Å². The Balaban J connectivity index is 1.66. The molecule has 0 atom stereocenters. The summed E-state index contributed by atoms with van der Waals surface area (Å²) >= 11 is 7.49. The van der Waals surface area contributed by atoms with E-state index < -0.39 is 9.84 Å². The van der Waals surface area contributed by atoms with Crippen LogP contribution in [0.25, 0.3) is 0 Å². The third-order valence-corrected chi connectivity index (χ3v) is 8.09. The van der Waals surface area contributed by atoms with Gasteiger partial charge in [-0.1, -0.05) is 17.7 Å². The highest BCUT2D eigenvalue weighted by atomic mass is 35.5. The highest BCUT2D eigenvalue weighted by molar-refractivity contribution is 7.99. The number of benzene rings is 3. The summed E-state index contributed by atoms with van der Waals surface area (Å²) in [4.78, 5) is 13.5. The molecule has 0 unspecified atom stereocenters. The minimum atomic E-state index is -3.89. The predicted molar refractivity (Wildman–Crippen MR) is 140 cm³/mol. The van der Waals surface area contributed by atoms with Gasteiger partial charge in [0, 0.05) is 28.3 Å². The van der Waals surface area contributed by atoms with Gasteiger partial charge in [-0.15, -0.1) is 11.8 Å². The number of halogens is 1. The van der Waals surface area contributed by atoms with E-state index in [1.54, 1.807) is 36.0 Å². The first-order chi connectivity index (χ1) is 16.7. The summed E-state index contributed by atoms with van der Waals surface area (Å²) in [6.45, 7) is 2.21. The number of carbonyl (C=O) groups excluding carboxylic acids is 1. The van der Waals surface area contributed by atoms with Gasteiger partial charge in [0.1, 0.15) is 0 Å². The van der Waals surface area contributed by atoms with Crippen molar-refractivity contribution in [3.05, 3.63) is 71.2 Å². The molecule has 7 nitrogen and oxygen atoms in total. The number of rotatable bonds is 11. The number of aryl methyl sites for hydroxylation is 1. The largest absolute Gasteiger partial charge is 0.493 e. The number of carbonyl (C=O) groups is 1. The number of thioether (sulfide) groups is 1. The van der Waals surface area contributed by atoms with Gasteiger partial charge in [-0.05, 0) is 61.0 Å². The molecule has 1 amide bonds. The van der Waals surface area contributed by atoms with Crippen LogP contribution in [0.3, 0.4) is 0 Å². The van der Waals surface area contributed by atoms with Gasteiger partial charge >= 0.3 is 0 Å². The predicted octanol–water partition coefficient (Wildman–Crippen LogP) is 4.82. The SMILES string of the molecule is COc1ccc(S(=O)(=O)c2cc(C)ccc2NCC(=O)NCCSc2ccc(Cl)cc2)cc1OC. The summed E-state index contributed by atoms with van der Waals surface area (Å²) in [5, 5.41) is 6.48. The standard InChI is InChI=1S/C25H27ClN2O5S2/c1-17-4-10-21(28-16-25(29)27-12-13-34-19-7-5-18(26)6-8-19)24(14-17)35(30,31)20-9-11-22(32-2)23(15-20)33-3/h4-11,14-15,28H,12-13,16H2,1-3H3,(H,27,29). The molecule has 0 spiro atoms. The molecule has 0 aliphatic rings. The van der Waals surface area contributed by atoms with Crippen molar-refractivity contribution in [1.29, 1.82) is 0 Å². The van der Waals surface area contributed by atoms with E-state index in [2.05, 4.69) is 10.6 Å². The van der Waals surface area contributed by atoms with E-state index in [1.165, 1.54) is 26.4 Å². The fraction of sp³-hybridized carbons (Fsp3) is 0.240. The second-order valence-electron chi connectivity index (χ2n) is 7.53. The number of hydrogen-bond donors (Lipinski definition) is 2. The molecule has 35 heavy (non-hydrogen) atoms. The fourth-order valence-electron chi connectivity index (χ4n) is 3.24. The van der Waals surface area contributed by atoms with Crippen molar-refractivity contribution in [1.82, 2.24) is 5.32 Å². The third kappa shape index (κ3) is 7.06. The molecule has 0 aliphatic carbocycles. The molecule has 0 fully saturated rings. The first-order valence-electron chi connectivity index (χ1n) is 10.7. The summed E-state index contributed by atoms with van der Waals surface area (Å²) in [6.07, 6.45) is 0. The van der Waals surface area contributed by atoms with Crippen molar-refractivity contribution in [2.75, 3.05) is 38.4 Å². The van der Waals surface area contributed by atoms with E-state index in [1.807, 2.05) is 31.2 Å². The summed E-state index contributed by atoms with van der Waals surface area (Å²) in [5.74, 6) is 1.19. The van der Waals surface area contributed by atoms with Crippen molar-refractivity contribution in [3.63, 3.8) is 0 Å². The maximum atomic E-state index is 13.4. The van der Waals surface area contributed by atoms with Gasteiger partial charge in [-0.2, -0.15) is 0 Å². The van der Waals surface area contributed by atoms with Gasteiger partial charge in [-0.3, -0.25) is 4.79 Å². The highest BCUT2D eigenvalue weighted by Gasteiger charge is 2.23. The molecular weight excluding hydrogens is 508 g/mol. The number of nitrogens with one attached hydrogen (secondary N) is 2. The maximum Gasteiger partial charge on any atom is 0.239 e. The molecule has 0 heterocycles. The average Bonchev–Trinajstić information content (AvgIpc) is 2.86. The zero-order valence-corrected chi connectivity index (χ0v) is 22.0. The molecule has 0 aromatic heterocycles. The Labute approximate surface area is 215 Å². The van der Waals surface area contributed by atoms with E-state index in [-0.39, 0.29) is 22.2 Å². The number of sulfone groups is 1. The van der Waals surface area contributed by atoms with E-state index >= 15 is 0 Å². The van der Waals surface area contributed by atoms with Crippen LogP contribution in [0.5, 0.6) is 11.5 Å². The monoisotopic (exact) mass is 534 g/mol. The molecule has 3 aromatic rings. The highest BCUT2D eigenvalue weighted by Crippen LogP contribution is 2.34. The lowest BCUT2D eigenvalue weighted by atomic mass is 10.2. The smallest absolute Gasteiger partial charge is 0.239 e. The summed E-state index contributed by atoms with van der Waals surface area (Å²) in [5.41, 5.74) is 1.12. The van der Waals surface area contributed by atoms with E-state index in [0.717, 1.165) is 10.5 Å². The van der Waals surface area contributed by atoms with Crippen molar-refractivity contribution in [2.45, 2.75) is 21.6 Å². The lowest BCUT2D eigenvalue weighted by Gasteiger charge is -2.15. The first-order valence-corrected chi connectivity index (χ1v) is 13.6. The van der Waals surface area contributed by atoms with Gasteiger partial charge in [0.25, 0.3) is 0 Å². The van der Waals surface area contributed by atoms with Crippen LogP contribution in [-0.4, -0.2) is 47.4 Å². The first kappa shape index (κ1) is 26.7. The molecule has 3 aromatic carbocycles. The number of methoxy groups -OCH3 is 2. The van der Waals surface area contributed by atoms with Gasteiger partial charge in [0.05, 0.1) is 36.2 Å². The number of hydrogen-bond acceptors (Lipinski definition) is 7. The lowest BCUT2D eigenvalue weighted by molar-refractivity contribution is -0.119. The normalized spacial score (nSPS) is 11.1. The maximum absolute atomic E-state index is 13.4. The van der Waals surface area contributed by atoms with Gasteiger partial charge in [-0.25, -0.2) is 8.42 Å². The van der Waals surface area contributed by atoms with Crippen LogP contribution in [0, 0.1) is 6.92 Å². The van der Waals surface area contributed by atoms with Crippen LogP contribution in [0.2, 0.25) is 5.02 Å². The topological polar surface area (TPSA) is 93.7 Å². The van der Waals surface area contributed by atoms with Crippen molar-refractivity contribution < 1.29 is 22.7 Å². The quantitative estimate of drug-likeness (QED) is 0.269. The Bertz CT molecular complexity index is 1280. The lowest BCUT2D eigenvalue weighted by Crippen LogP contribution is -2.31. The van der Waals surface area contributed by atoms with Crippen molar-refractivity contribution >= 4 is 44.8 Å². The Morgan fingerprint density at radius 2 is 1.69 bits per heavy atom. The summed E-state index contributed by atoms with van der Waals surface area (Å²) < 4.78 is 37.3. The van der Waals surface area contributed by atoms with Crippen LogP contribution in [0.1, 0.15) is 5.56 Å². The Morgan fingerprint density at radius 1 is 0.971 bits per heavy atom. The van der Waals surface area contributed by atoms with Crippen LogP contribution in [0.4, 0.5) is 5.69 Å². The van der Waals surface area contributed by atoms with Gasteiger partial charge in [0.2, 0.25) is 15.7 Å². The molecule has 0 radical (unpaired) electrons. The average molecular weight is 535 g/mol. The molecule has 0 bridgehead atoms. The number of anilines is 1. The van der Waals surface area contributed by atoms with Crippen molar-refractivity contribution in [3.8, 4) is 11.5 Å². The molecule has 186 valence electrons. The molecule has 10 heteroatoms. The van der Waals surface area contributed by atoms with Gasteiger partial charge in [0.15, 0.2) is 11.5 Å². The summed E-state index contributed by atoms with van der Waals surface area (Å²) in [7, 11) is -0.968. The molecule has 2 N–H and O–H groups in total. The van der Waals surface area contributed by atoms with Crippen LogP contribution in [-0.2, 0) is 14.6 Å². The molecule has 0 saturated heterocycles. The van der Waals surface area contributed by atoms with E-state index in [4.69, 9.17) is 21.1 Å². The minimum absolute atomic E-state index is 0.0625. The fourth-order valence-corrected chi connectivity index (χ4v) is 5.67. The van der Waals surface area contributed by atoms with Crippen LogP contribution >= 0.6 is 23.4 Å². The number of ether oxygens (including phenoxy) is 2. The molecule has 0 saturated carbocycles. The molecular formula is C25H27ClN2O5S2. The molecule has 0 aliphatic heterocycles.